The van der Waals surface area contributed by atoms with Crippen molar-refractivity contribution in [3.63, 3.8) is 0 Å². The van der Waals surface area contributed by atoms with Crippen molar-refractivity contribution in [2.75, 3.05) is 5.33 Å². The molecule has 0 saturated heterocycles. The highest BCUT2D eigenvalue weighted by atomic mass is 79.9. The molecule has 0 radical (unpaired) electrons. The quantitative estimate of drug-likeness (QED) is 0.739. The molecule has 0 spiro atoms. The number of hydrogen-bond donors (Lipinski definition) is 0. The lowest BCUT2D eigenvalue weighted by molar-refractivity contribution is 0.442. The highest BCUT2D eigenvalue weighted by Gasteiger charge is 2.11. The third-order valence-corrected chi connectivity index (χ3v) is 3.93. The minimum Gasteiger partial charge on any atom is -0.247 e. The molecule has 3 heteroatoms. The van der Waals surface area contributed by atoms with Crippen molar-refractivity contribution in [3.8, 4) is 0 Å². The summed E-state index contributed by atoms with van der Waals surface area (Å²) in [5, 5.41) is 4.45. The first-order valence-electron chi connectivity index (χ1n) is 5.08. The molecule has 1 heterocycles. The highest BCUT2D eigenvalue weighted by molar-refractivity contribution is 9.09. The summed E-state index contributed by atoms with van der Waals surface area (Å²) in [5.41, 5.74) is 1.26. The van der Waals surface area contributed by atoms with Gasteiger partial charge in [-0.25, -0.2) is 4.98 Å². The van der Waals surface area contributed by atoms with Crippen molar-refractivity contribution in [2.45, 2.75) is 33.6 Å². The van der Waals surface area contributed by atoms with Gasteiger partial charge in [0, 0.05) is 10.7 Å². The van der Waals surface area contributed by atoms with E-state index in [0.29, 0.717) is 0 Å². The van der Waals surface area contributed by atoms with Gasteiger partial charge in [0.2, 0.25) is 0 Å². The second-order valence-corrected chi connectivity index (χ2v) is 5.92. The molecule has 1 aromatic heterocycles. The third-order valence-electron chi connectivity index (χ3n) is 2.19. The van der Waals surface area contributed by atoms with Gasteiger partial charge in [0.25, 0.3) is 0 Å². The molecule has 0 saturated carbocycles. The molecule has 0 aliphatic rings. The van der Waals surface area contributed by atoms with Gasteiger partial charge in [-0.15, -0.1) is 11.3 Å². The fourth-order valence-corrected chi connectivity index (χ4v) is 2.78. The van der Waals surface area contributed by atoms with Crippen LogP contribution in [0.15, 0.2) is 5.38 Å². The zero-order valence-electron chi connectivity index (χ0n) is 9.09. The molecule has 0 bridgehead atoms. The molecule has 1 nitrogen and oxygen atoms in total. The summed E-state index contributed by atoms with van der Waals surface area (Å²) < 4.78 is 0. The van der Waals surface area contributed by atoms with Gasteiger partial charge >= 0.3 is 0 Å². The van der Waals surface area contributed by atoms with Crippen molar-refractivity contribution >= 4 is 27.3 Å². The first-order valence-corrected chi connectivity index (χ1v) is 7.09. The molecular weight excluding hydrogens is 258 g/mol. The van der Waals surface area contributed by atoms with Crippen LogP contribution in [0.5, 0.6) is 0 Å². The number of aromatic nitrogens is 1. The topological polar surface area (TPSA) is 12.9 Å². The molecule has 1 rings (SSSR count). The van der Waals surface area contributed by atoms with Gasteiger partial charge in [-0.3, -0.25) is 0 Å². The van der Waals surface area contributed by atoms with Crippen molar-refractivity contribution < 1.29 is 0 Å². The summed E-state index contributed by atoms with van der Waals surface area (Å²) >= 11 is 5.33. The number of thiazole rings is 1. The van der Waals surface area contributed by atoms with E-state index >= 15 is 0 Å². The Morgan fingerprint density at radius 1 is 1.50 bits per heavy atom. The number of rotatable bonds is 5. The Balaban J connectivity index is 2.48. The average molecular weight is 276 g/mol. The summed E-state index contributed by atoms with van der Waals surface area (Å²) in [6.07, 6.45) is 2.40. The van der Waals surface area contributed by atoms with E-state index in [1.54, 1.807) is 11.3 Å². The van der Waals surface area contributed by atoms with E-state index in [2.05, 4.69) is 47.1 Å². The number of halogens is 1. The Morgan fingerprint density at radius 3 is 2.64 bits per heavy atom. The Morgan fingerprint density at radius 2 is 2.21 bits per heavy atom. The smallest absolute Gasteiger partial charge is 0.0897 e. The normalized spacial score (nSPS) is 13.5. The summed E-state index contributed by atoms with van der Waals surface area (Å²) in [4.78, 5) is 4.50. The van der Waals surface area contributed by atoms with Gasteiger partial charge in [0.1, 0.15) is 0 Å². The first kappa shape index (κ1) is 12.2. The molecular formula is C11H18BrNS. The minimum absolute atomic E-state index is 0.733. The second-order valence-electron chi connectivity index (χ2n) is 4.21. The van der Waals surface area contributed by atoms with Crippen LogP contribution in [-0.2, 0) is 6.42 Å². The Hall–Kier alpha value is 0.110. The standard InChI is InChI=1S/C11H18BrNS/c1-8(2)4-10(6-12)5-11-7-14-9(3)13-11/h7-8,10H,4-6H2,1-3H3. The SMILES string of the molecule is Cc1nc(CC(CBr)CC(C)C)cs1. The fraction of sp³-hybridized carbons (Fsp3) is 0.727. The Kier molecular flexibility index (Phi) is 5.10. The predicted molar refractivity (Wildman–Crippen MR) is 67.3 cm³/mol. The molecule has 1 unspecified atom stereocenters. The lowest BCUT2D eigenvalue weighted by atomic mass is 9.95. The average Bonchev–Trinajstić information content (AvgIpc) is 2.49. The van der Waals surface area contributed by atoms with E-state index in [1.807, 2.05) is 0 Å². The van der Waals surface area contributed by atoms with Crippen LogP contribution in [-0.4, -0.2) is 10.3 Å². The van der Waals surface area contributed by atoms with Gasteiger partial charge < -0.3 is 0 Å². The van der Waals surface area contributed by atoms with Crippen LogP contribution in [0.1, 0.15) is 31.0 Å². The van der Waals surface area contributed by atoms with E-state index in [4.69, 9.17) is 0 Å². The molecule has 1 atom stereocenters. The molecule has 0 N–H and O–H groups in total. The van der Waals surface area contributed by atoms with Crippen molar-refractivity contribution in [1.82, 2.24) is 4.98 Å². The molecule has 0 aromatic carbocycles. The predicted octanol–water partition coefficient (Wildman–Crippen LogP) is 4.05. The molecule has 0 amide bonds. The van der Waals surface area contributed by atoms with Gasteiger partial charge in [-0.05, 0) is 31.6 Å². The lowest BCUT2D eigenvalue weighted by Gasteiger charge is -2.14. The van der Waals surface area contributed by atoms with Crippen LogP contribution >= 0.6 is 27.3 Å². The molecule has 14 heavy (non-hydrogen) atoms. The maximum Gasteiger partial charge on any atom is 0.0897 e. The summed E-state index contributed by atoms with van der Waals surface area (Å²) in [6, 6.07) is 0. The second kappa shape index (κ2) is 5.86. The lowest BCUT2D eigenvalue weighted by Crippen LogP contribution is -2.09. The summed E-state index contributed by atoms with van der Waals surface area (Å²) in [7, 11) is 0. The zero-order chi connectivity index (χ0) is 10.6. The van der Waals surface area contributed by atoms with Gasteiger partial charge in [0.15, 0.2) is 0 Å². The molecule has 80 valence electrons. The molecule has 1 aromatic rings. The highest BCUT2D eigenvalue weighted by Crippen LogP contribution is 2.20. The van der Waals surface area contributed by atoms with Gasteiger partial charge in [-0.1, -0.05) is 29.8 Å². The van der Waals surface area contributed by atoms with E-state index in [9.17, 15) is 0 Å². The van der Waals surface area contributed by atoms with Gasteiger partial charge in [-0.2, -0.15) is 0 Å². The number of alkyl halides is 1. The number of aryl methyl sites for hydroxylation is 1. The monoisotopic (exact) mass is 275 g/mol. The number of hydrogen-bond acceptors (Lipinski definition) is 2. The Labute approximate surface area is 99.1 Å². The maximum absolute atomic E-state index is 4.50. The van der Waals surface area contributed by atoms with Crippen LogP contribution < -0.4 is 0 Å². The first-order chi connectivity index (χ1) is 6.61. The van der Waals surface area contributed by atoms with E-state index < -0.39 is 0 Å². The van der Waals surface area contributed by atoms with Crippen LogP contribution in [0.2, 0.25) is 0 Å². The van der Waals surface area contributed by atoms with Crippen LogP contribution in [0.4, 0.5) is 0 Å². The molecule has 0 fully saturated rings. The summed E-state index contributed by atoms with van der Waals surface area (Å²) in [6.45, 7) is 6.63. The number of nitrogens with zero attached hydrogens (tertiary/aromatic N) is 1. The van der Waals surface area contributed by atoms with E-state index in [-0.39, 0.29) is 0 Å². The molecule has 0 aliphatic heterocycles. The van der Waals surface area contributed by atoms with Crippen molar-refractivity contribution in [1.29, 1.82) is 0 Å². The zero-order valence-corrected chi connectivity index (χ0v) is 11.5. The fourth-order valence-electron chi connectivity index (χ4n) is 1.67. The third kappa shape index (κ3) is 4.09. The maximum atomic E-state index is 4.50. The Bertz CT molecular complexity index is 270. The minimum atomic E-state index is 0.733. The van der Waals surface area contributed by atoms with E-state index in [0.717, 1.165) is 23.6 Å². The van der Waals surface area contributed by atoms with E-state index in [1.165, 1.54) is 17.1 Å². The largest absolute Gasteiger partial charge is 0.247 e. The molecule has 0 aliphatic carbocycles. The summed E-state index contributed by atoms with van der Waals surface area (Å²) in [5.74, 6) is 1.51. The van der Waals surface area contributed by atoms with Crippen LogP contribution in [0, 0.1) is 18.8 Å². The van der Waals surface area contributed by atoms with Crippen molar-refractivity contribution in [3.05, 3.63) is 16.1 Å². The van der Waals surface area contributed by atoms with Crippen LogP contribution in [0.25, 0.3) is 0 Å². The van der Waals surface area contributed by atoms with Gasteiger partial charge in [0.05, 0.1) is 10.7 Å². The van der Waals surface area contributed by atoms with Crippen molar-refractivity contribution in [2.24, 2.45) is 11.8 Å². The van der Waals surface area contributed by atoms with Crippen LogP contribution in [0.3, 0.4) is 0 Å².